The smallest absolute Gasteiger partial charge is 0.335 e. The molecule has 4 aromatic rings. The van der Waals surface area contributed by atoms with E-state index in [2.05, 4.69) is 15.6 Å². The standard InChI is InChI=1S/C33H26Cl4N4O8S/c34-21-11-22(35)13-24(12-21)50(48,49)41-16-20(18-3-5-19(6-4-18)32(44)45)10-28(41)30(42)40-27(33(46)47)9-17-1-7-23(8-2-17)39-31(43)29-25(36)14-38-15-26(29)37/h1-8,11-15,20,27-28H,9-10,16H2,(H,39,43)(H,40,42)(H,44,45)(H,46,47)/t20-,27-,28?/m0/s1. The van der Waals surface area contributed by atoms with Gasteiger partial charge in [-0.25, -0.2) is 18.0 Å². The highest BCUT2D eigenvalue weighted by atomic mass is 35.5. The van der Waals surface area contributed by atoms with Gasteiger partial charge in [-0.15, -0.1) is 0 Å². The molecular weight excluding hydrogens is 754 g/mol. The molecule has 17 heteroatoms. The molecule has 1 saturated heterocycles. The maximum Gasteiger partial charge on any atom is 0.335 e. The Bertz CT molecular complexity index is 2040. The predicted octanol–water partition coefficient (Wildman–Crippen LogP) is 6.00. The second-order valence-corrected chi connectivity index (χ2v) is 14.9. The number of amides is 2. The van der Waals surface area contributed by atoms with Crippen LogP contribution in [0.3, 0.4) is 0 Å². The van der Waals surface area contributed by atoms with E-state index in [0.717, 1.165) is 4.31 Å². The van der Waals surface area contributed by atoms with Crippen molar-refractivity contribution in [3.63, 3.8) is 0 Å². The fraction of sp³-hybridized carbons (Fsp3) is 0.182. The molecule has 3 aromatic carbocycles. The number of anilines is 1. The average molecular weight is 780 g/mol. The summed E-state index contributed by atoms with van der Waals surface area (Å²) in [5.41, 5.74) is 1.49. The highest BCUT2D eigenvalue weighted by Crippen LogP contribution is 2.37. The maximum absolute atomic E-state index is 13.9. The zero-order valence-corrected chi connectivity index (χ0v) is 29.4. The van der Waals surface area contributed by atoms with E-state index in [1.165, 1.54) is 54.9 Å². The van der Waals surface area contributed by atoms with Gasteiger partial charge in [0.15, 0.2) is 0 Å². The Kier molecular flexibility index (Phi) is 11.4. The van der Waals surface area contributed by atoms with Crippen molar-refractivity contribution in [2.45, 2.75) is 35.7 Å². The van der Waals surface area contributed by atoms with E-state index >= 15 is 0 Å². The van der Waals surface area contributed by atoms with Gasteiger partial charge in [0.2, 0.25) is 15.9 Å². The van der Waals surface area contributed by atoms with Crippen molar-refractivity contribution in [1.29, 1.82) is 0 Å². The highest BCUT2D eigenvalue weighted by molar-refractivity contribution is 7.89. The van der Waals surface area contributed by atoms with Gasteiger partial charge in [0, 0.05) is 41.1 Å². The summed E-state index contributed by atoms with van der Waals surface area (Å²) < 4.78 is 28.8. The highest BCUT2D eigenvalue weighted by Gasteiger charge is 2.45. The number of hydrogen-bond acceptors (Lipinski definition) is 7. The van der Waals surface area contributed by atoms with E-state index in [4.69, 9.17) is 46.4 Å². The topological polar surface area (TPSA) is 183 Å². The molecule has 0 spiro atoms. The van der Waals surface area contributed by atoms with Gasteiger partial charge >= 0.3 is 11.9 Å². The normalized spacial score (nSPS) is 16.8. The van der Waals surface area contributed by atoms with Crippen LogP contribution in [0.1, 0.15) is 44.2 Å². The number of carboxylic acids is 2. The molecule has 0 bridgehead atoms. The third-order valence-corrected chi connectivity index (χ3v) is 10.8. The molecule has 0 saturated carbocycles. The third-order valence-electron chi connectivity index (χ3n) is 7.98. The van der Waals surface area contributed by atoms with Gasteiger partial charge in [-0.05, 0) is 65.9 Å². The second kappa shape index (κ2) is 15.3. The minimum atomic E-state index is -4.39. The molecule has 1 aliphatic heterocycles. The molecular formula is C33H26Cl4N4O8S. The molecule has 3 atom stereocenters. The minimum absolute atomic E-state index is 0.0290. The van der Waals surface area contributed by atoms with Crippen LogP contribution in [-0.4, -0.2) is 70.3 Å². The van der Waals surface area contributed by atoms with E-state index in [1.54, 1.807) is 24.3 Å². The summed E-state index contributed by atoms with van der Waals surface area (Å²) >= 11 is 24.3. The lowest BCUT2D eigenvalue weighted by atomic mass is 9.95. The SMILES string of the molecule is O=C(O)c1ccc([C@H]2CC(C(=O)N[C@@H](Cc3ccc(NC(=O)c4c(Cl)cncc4Cl)cc3)C(=O)O)N(S(=O)(=O)c3cc(Cl)cc(Cl)c3)C2)cc1. The minimum Gasteiger partial charge on any atom is -0.480 e. The molecule has 0 radical (unpaired) electrons. The molecule has 1 fully saturated rings. The summed E-state index contributed by atoms with van der Waals surface area (Å²) in [6.45, 7) is -0.169. The quantitative estimate of drug-likeness (QED) is 0.142. The van der Waals surface area contributed by atoms with Gasteiger partial charge in [0.1, 0.15) is 12.1 Å². The van der Waals surface area contributed by atoms with Crippen LogP contribution in [0, 0.1) is 0 Å². The molecule has 2 heterocycles. The molecule has 260 valence electrons. The summed E-state index contributed by atoms with van der Waals surface area (Å²) in [6, 6.07) is 12.9. The van der Waals surface area contributed by atoms with Crippen molar-refractivity contribution in [3.05, 3.63) is 121 Å². The number of halogens is 4. The van der Waals surface area contributed by atoms with E-state index < -0.39 is 51.8 Å². The first-order chi connectivity index (χ1) is 23.6. The van der Waals surface area contributed by atoms with E-state index in [0.29, 0.717) is 16.8 Å². The summed E-state index contributed by atoms with van der Waals surface area (Å²) in [6.07, 6.45) is 2.34. The number of nitrogens with one attached hydrogen (secondary N) is 2. The van der Waals surface area contributed by atoms with Crippen LogP contribution in [0.2, 0.25) is 20.1 Å². The van der Waals surface area contributed by atoms with Crippen LogP contribution in [-0.2, 0) is 26.0 Å². The largest absolute Gasteiger partial charge is 0.480 e. The van der Waals surface area contributed by atoms with Gasteiger partial charge in [-0.2, -0.15) is 4.31 Å². The fourth-order valence-corrected chi connectivity index (χ4v) is 8.42. The molecule has 50 heavy (non-hydrogen) atoms. The maximum atomic E-state index is 13.9. The van der Waals surface area contributed by atoms with Crippen molar-refractivity contribution in [2.75, 3.05) is 11.9 Å². The summed E-state index contributed by atoms with van der Waals surface area (Å²) in [5.74, 6) is -4.48. The summed E-state index contributed by atoms with van der Waals surface area (Å²) in [7, 11) is -4.39. The van der Waals surface area contributed by atoms with Gasteiger partial charge in [0.25, 0.3) is 5.91 Å². The van der Waals surface area contributed by atoms with Crippen molar-refractivity contribution in [3.8, 4) is 0 Å². The van der Waals surface area contributed by atoms with Crippen molar-refractivity contribution in [2.24, 2.45) is 0 Å². The van der Waals surface area contributed by atoms with Gasteiger partial charge in [-0.3, -0.25) is 14.6 Å². The lowest BCUT2D eigenvalue weighted by Crippen LogP contribution is -2.51. The Hall–Kier alpha value is -4.24. The average Bonchev–Trinajstić information content (AvgIpc) is 3.52. The first kappa shape index (κ1) is 37.0. The van der Waals surface area contributed by atoms with Crippen molar-refractivity contribution in [1.82, 2.24) is 14.6 Å². The molecule has 4 N–H and O–H groups in total. The Morgan fingerprint density at radius 2 is 1.48 bits per heavy atom. The van der Waals surface area contributed by atoms with Gasteiger partial charge in [0.05, 0.1) is 26.1 Å². The van der Waals surface area contributed by atoms with Crippen LogP contribution >= 0.6 is 46.4 Å². The van der Waals surface area contributed by atoms with Crippen LogP contribution < -0.4 is 10.6 Å². The Balaban J connectivity index is 1.36. The monoisotopic (exact) mass is 778 g/mol. The molecule has 1 unspecified atom stereocenters. The number of hydrogen-bond donors (Lipinski definition) is 4. The second-order valence-electron chi connectivity index (χ2n) is 11.3. The predicted molar refractivity (Wildman–Crippen MR) is 187 cm³/mol. The number of nitrogens with zero attached hydrogens (tertiary/aromatic N) is 2. The number of carbonyl (C=O) groups is 4. The van der Waals surface area contributed by atoms with E-state index in [1.807, 2.05) is 0 Å². The number of rotatable bonds is 11. The zero-order valence-electron chi connectivity index (χ0n) is 25.5. The number of carboxylic acid groups (broad SMARTS) is 2. The van der Waals surface area contributed by atoms with Crippen molar-refractivity contribution < 1.29 is 37.8 Å². The molecule has 5 rings (SSSR count). The molecule has 1 aliphatic rings. The van der Waals surface area contributed by atoms with Crippen molar-refractivity contribution >= 4 is 85.9 Å². The Morgan fingerprint density at radius 3 is 2.04 bits per heavy atom. The summed E-state index contributed by atoms with van der Waals surface area (Å²) in [4.78, 5) is 53.7. The number of carbonyl (C=O) groups excluding carboxylic acids is 2. The van der Waals surface area contributed by atoms with Crippen LogP contribution in [0.15, 0.2) is 84.0 Å². The lowest BCUT2D eigenvalue weighted by molar-refractivity contribution is -0.142. The first-order valence-electron chi connectivity index (χ1n) is 14.7. The molecule has 1 aromatic heterocycles. The fourth-order valence-electron chi connectivity index (χ4n) is 5.51. The molecule has 2 amide bonds. The van der Waals surface area contributed by atoms with Gasteiger partial charge in [-0.1, -0.05) is 70.7 Å². The molecule has 12 nitrogen and oxygen atoms in total. The number of pyridine rings is 1. The Labute approximate surface area is 306 Å². The first-order valence-corrected chi connectivity index (χ1v) is 17.6. The number of sulfonamides is 1. The van der Waals surface area contributed by atoms with E-state index in [-0.39, 0.29) is 55.5 Å². The number of aromatic carboxylic acids is 1. The van der Waals surface area contributed by atoms with Gasteiger partial charge < -0.3 is 20.8 Å². The number of benzene rings is 3. The third kappa shape index (κ3) is 8.37. The summed E-state index contributed by atoms with van der Waals surface area (Å²) in [5, 5.41) is 24.7. The Morgan fingerprint density at radius 1 is 0.880 bits per heavy atom. The zero-order chi connectivity index (χ0) is 36.3. The van der Waals surface area contributed by atoms with Crippen LogP contribution in [0.4, 0.5) is 5.69 Å². The van der Waals surface area contributed by atoms with E-state index in [9.17, 15) is 37.8 Å². The number of aliphatic carboxylic acids is 1. The molecule has 0 aliphatic carbocycles. The van der Waals surface area contributed by atoms with Crippen LogP contribution in [0.25, 0.3) is 0 Å². The number of aromatic nitrogens is 1. The van der Waals surface area contributed by atoms with Crippen LogP contribution in [0.5, 0.6) is 0 Å². The lowest BCUT2D eigenvalue weighted by Gasteiger charge is -2.25.